The minimum atomic E-state index is -0.139. The zero-order valence-corrected chi connectivity index (χ0v) is 14.0. The molecule has 2 aromatic rings. The van der Waals surface area contributed by atoms with Crippen LogP contribution >= 0.6 is 11.6 Å². The minimum Gasteiger partial charge on any atom is -0.311 e. The lowest BCUT2D eigenvalue weighted by Gasteiger charge is -2.17. The molecule has 1 aliphatic heterocycles. The van der Waals surface area contributed by atoms with Crippen molar-refractivity contribution in [2.75, 3.05) is 11.4 Å². The van der Waals surface area contributed by atoms with Gasteiger partial charge in [-0.2, -0.15) is 5.10 Å². The number of aromatic nitrogens is 2. The van der Waals surface area contributed by atoms with Crippen molar-refractivity contribution in [2.45, 2.75) is 38.9 Å². The van der Waals surface area contributed by atoms with Gasteiger partial charge in [0.05, 0.1) is 12.2 Å². The number of amides is 1. The first-order valence-corrected chi connectivity index (χ1v) is 8.37. The monoisotopic (exact) mass is 332 g/mol. The van der Waals surface area contributed by atoms with E-state index in [1.165, 1.54) is 0 Å². The van der Waals surface area contributed by atoms with E-state index in [2.05, 4.69) is 17.3 Å². The highest BCUT2D eigenvalue weighted by Gasteiger charge is 2.32. The maximum absolute atomic E-state index is 12.5. The third-order valence-electron chi connectivity index (χ3n) is 4.04. The fourth-order valence-electron chi connectivity index (χ4n) is 2.84. The molecule has 6 heteroatoms. The molecule has 1 amide bonds. The highest BCUT2D eigenvalue weighted by Crippen LogP contribution is 2.23. The zero-order valence-electron chi connectivity index (χ0n) is 13.2. The number of hydrogen-bond donors (Lipinski definition) is 1. The van der Waals surface area contributed by atoms with Gasteiger partial charge in [-0.1, -0.05) is 18.5 Å². The molecule has 1 N–H and O–H groups in total. The van der Waals surface area contributed by atoms with Crippen LogP contribution in [-0.2, 0) is 17.9 Å². The van der Waals surface area contributed by atoms with Crippen molar-refractivity contribution in [3.05, 3.63) is 47.2 Å². The van der Waals surface area contributed by atoms with Gasteiger partial charge >= 0.3 is 0 Å². The van der Waals surface area contributed by atoms with Gasteiger partial charge < -0.3 is 10.2 Å². The second-order valence-corrected chi connectivity index (χ2v) is 6.24. The third kappa shape index (κ3) is 3.74. The van der Waals surface area contributed by atoms with Crippen LogP contribution in [0.15, 0.2) is 36.7 Å². The lowest BCUT2D eigenvalue weighted by atomic mass is 10.2. The molecule has 5 nitrogen and oxygen atoms in total. The van der Waals surface area contributed by atoms with Gasteiger partial charge in [0.1, 0.15) is 0 Å². The summed E-state index contributed by atoms with van der Waals surface area (Å²) in [5, 5.41) is 8.33. The van der Waals surface area contributed by atoms with Crippen molar-refractivity contribution >= 4 is 23.2 Å². The molecule has 3 rings (SSSR count). The highest BCUT2D eigenvalue weighted by atomic mass is 35.5. The number of hydrogen-bond acceptors (Lipinski definition) is 3. The lowest BCUT2D eigenvalue weighted by molar-refractivity contribution is -0.118. The van der Waals surface area contributed by atoms with Gasteiger partial charge in [-0.15, -0.1) is 0 Å². The summed E-state index contributed by atoms with van der Waals surface area (Å²) in [7, 11) is 0. The van der Waals surface area contributed by atoms with Gasteiger partial charge in [0.2, 0.25) is 5.91 Å². The first-order chi connectivity index (χ1) is 11.2. The number of nitrogens with zero attached hydrogens (tertiary/aromatic N) is 3. The summed E-state index contributed by atoms with van der Waals surface area (Å²) in [6.07, 6.45) is 5.77. The van der Waals surface area contributed by atoms with Crippen LogP contribution in [0.4, 0.5) is 5.69 Å². The molecular formula is C17H21ClN4O. The summed E-state index contributed by atoms with van der Waals surface area (Å²) in [5.74, 6) is 0.119. The quantitative estimate of drug-likeness (QED) is 0.885. The average molecular weight is 333 g/mol. The van der Waals surface area contributed by atoms with Crippen molar-refractivity contribution in [3.63, 3.8) is 0 Å². The number of nitrogens with one attached hydrogen (secondary N) is 1. The van der Waals surface area contributed by atoms with Crippen molar-refractivity contribution in [1.82, 2.24) is 15.1 Å². The number of anilines is 1. The zero-order chi connectivity index (χ0) is 16.2. The van der Waals surface area contributed by atoms with Crippen LogP contribution in [0.1, 0.15) is 25.3 Å². The Hall–Kier alpha value is -1.85. The number of rotatable bonds is 6. The number of aryl methyl sites for hydroxylation is 1. The molecule has 0 aliphatic carbocycles. The summed E-state index contributed by atoms with van der Waals surface area (Å²) in [6, 6.07) is 7.26. The van der Waals surface area contributed by atoms with Crippen LogP contribution in [0.3, 0.4) is 0 Å². The van der Waals surface area contributed by atoms with E-state index in [9.17, 15) is 4.79 Å². The SMILES string of the molecule is CCCn1cc(CNC2CCN(c3ccc(Cl)cc3)C2=O)cn1. The molecule has 1 aromatic carbocycles. The van der Waals surface area contributed by atoms with E-state index >= 15 is 0 Å². The van der Waals surface area contributed by atoms with E-state index in [0.29, 0.717) is 11.6 Å². The molecule has 1 saturated heterocycles. The minimum absolute atomic E-state index is 0.119. The molecule has 1 fully saturated rings. The van der Waals surface area contributed by atoms with Gasteiger partial charge in [0.15, 0.2) is 0 Å². The summed E-state index contributed by atoms with van der Waals surface area (Å²) < 4.78 is 1.94. The molecule has 0 radical (unpaired) electrons. The van der Waals surface area contributed by atoms with Crippen molar-refractivity contribution in [1.29, 1.82) is 0 Å². The molecule has 1 atom stereocenters. The Labute approximate surface area is 141 Å². The Bertz CT molecular complexity index is 667. The highest BCUT2D eigenvalue weighted by molar-refractivity contribution is 6.30. The second kappa shape index (κ2) is 7.15. The van der Waals surface area contributed by atoms with Crippen molar-refractivity contribution in [3.8, 4) is 0 Å². The predicted molar refractivity (Wildman–Crippen MR) is 91.6 cm³/mol. The van der Waals surface area contributed by atoms with E-state index in [1.54, 1.807) is 0 Å². The fourth-order valence-corrected chi connectivity index (χ4v) is 2.96. The predicted octanol–water partition coefficient (Wildman–Crippen LogP) is 2.84. The van der Waals surface area contributed by atoms with Crippen molar-refractivity contribution in [2.24, 2.45) is 0 Å². The molecule has 1 aliphatic rings. The van der Waals surface area contributed by atoms with Crippen LogP contribution in [0.2, 0.25) is 5.02 Å². The van der Waals surface area contributed by atoms with Gasteiger partial charge in [0.25, 0.3) is 0 Å². The van der Waals surface area contributed by atoms with Crippen LogP contribution in [0, 0.1) is 0 Å². The Morgan fingerprint density at radius 3 is 2.87 bits per heavy atom. The molecular weight excluding hydrogens is 312 g/mol. The number of halogens is 1. The van der Waals surface area contributed by atoms with E-state index in [0.717, 1.165) is 37.2 Å². The molecule has 1 aromatic heterocycles. The summed E-state index contributed by atoms with van der Waals surface area (Å²) in [4.78, 5) is 14.3. The lowest BCUT2D eigenvalue weighted by Crippen LogP contribution is -2.37. The molecule has 2 heterocycles. The molecule has 1 unspecified atom stereocenters. The smallest absolute Gasteiger partial charge is 0.244 e. The van der Waals surface area contributed by atoms with E-state index in [1.807, 2.05) is 46.2 Å². The van der Waals surface area contributed by atoms with Gasteiger partial charge in [-0.25, -0.2) is 0 Å². The average Bonchev–Trinajstić information content (AvgIpc) is 3.14. The van der Waals surface area contributed by atoms with Crippen LogP contribution in [-0.4, -0.2) is 28.3 Å². The maximum atomic E-state index is 12.5. The van der Waals surface area contributed by atoms with Gasteiger partial charge in [-0.05, 0) is 37.1 Å². The Balaban J connectivity index is 1.57. The largest absolute Gasteiger partial charge is 0.311 e. The fraction of sp³-hybridized carbons (Fsp3) is 0.412. The van der Waals surface area contributed by atoms with Gasteiger partial charge in [-0.3, -0.25) is 9.48 Å². The van der Waals surface area contributed by atoms with E-state index < -0.39 is 0 Å². The van der Waals surface area contributed by atoms with Crippen molar-refractivity contribution < 1.29 is 4.79 Å². The molecule has 0 spiro atoms. The number of benzene rings is 1. The standard InChI is InChI=1S/C17H21ClN4O/c1-2-8-21-12-13(11-20-21)10-19-16-7-9-22(17(16)23)15-5-3-14(18)4-6-15/h3-6,11-12,16,19H,2,7-10H2,1H3. The van der Waals surface area contributed by atoms with Crippen LogP contribution < -0.4 is 10.2 Å². The molecule has 0 bridgehead atoms. The van der Waals surface area contributed by atoms with Crippen LogP contribution in [0.25, 0.3) is 0 Å². The summed E-state index contributed by atoms with van der Waals surface area (Å²) in [5.41, 5.74) is 2.01. The summed E-state index contributed by atoms with van der Waals surface area (Å²) in [6.45, 7) is 4.44. The second-order valence-electron chi connectivity index (χ2n) is 5.80. The number of carbonyl (C=O) groups excluding carboxylic acids is 1. The Morgan fingerprint density at radius 2 is 2.13 bits per heavy atom. The topological polar surface area (TPSA) is 50.2 Å². The maximum Gasteiger partial charge on any atom is 0.244 e. The Kier molecular flexibility index (Phi) is 4.98. The first kappa shape index (κ1) is 16.0. The first-order valence-electron chi connectivity index (χ1n) is 7.99. The third-order valence-corrected chi connectivity index (χ3v) is 4.29. The number of carbonyl (C=O) groups is 1. The molecule has 0 saturated carbocycles. The normalized spacial score (nSPS) is 17.9. The molecule has 23 heavy (non-hydrogen) atoms. The molecule has 122 valence electrons. The Morgan fingerprint density at radius 1 is 1.35 bits per heavy atom. The van der Waals surface area contributed by atoms with Gasteiger partial charge in [0, 0.05) is 42.1 Å². The van der Waals surface area contributed by atoms with E-state index in [4.69, 9.17) is 11.6 Å². The van der Waals surface area contributed by atoms with Crippen LogP contribution in [0.5, 0.6) is 0 Å². The summed E-state index contributed by atoms with van der Waals surface area (Å²) >= 11 is 5.90. The van der Waals surface area contributed by atoms with E-state index in [-0.39, 0.29) is 11.9 Å².